The number of aliphatic hydroxyl groups excluding tert-OH is 1. The van der Waals surface area contributed by atoms with Crippen molar-refractivity contribution >= 4 is 51.9 Å². The molecule has 2 heterocycles. The number of aryl methyl sites for hydroxylation is 1. The highest BCUT2D eigenvalue weighted by atomic mass is 35.5. The first-order valence-corrected chi connectivity index (χ1v) is 25.0. The zero-order chi connectivity index (χ0) is 41.6. The summed E-state index contributed by atoms with van der Waals surface area (Å²) in [5.41, 5.74) is 3.19. The van der Waals surface area contributed by atoms with Gasteiger partial charge in [0.2, 0.25) is 10.0 Å². The second kappa shape index (κ2) is 16.5. The Kier molecular flexibility index (Phi) is 11.7. The highest BCUT2D eigenvalue weighted by Crippen LogP contribution is 2.47. The lowest BCUT2D eigenvalue weighted by Crippen LogP contribution is -2.66. The molecule has 2 bridgehead atoms. The monoisotopic (exact) mass is 852 g/mol. The van der Waals surface area contributed by atoms with Crippen LogP contribution in [-0.4, -0.2) is 65.4 Å². The van der Waals surface area contributed by atoms with E-state index in [4.69, 9.17) is 20.8 Å². The van der Waals surface area contributed by atoms with Crippen LogP contribution in [0.15, 0.2) is 109 Å². The molecule has 0 radical (unpaired) electrons. The molecule has 1 saturated carbocycles. The normalized spacial score (nSPS) is 27.6. The molecule has 4 aromatic carbocycles. The topological polar surface area (TPSA) is 105 Å². The molecule has 11 heteroatoms. The molecule has 4 aromatic rings. The van der Waals surface area contributed by atoms with E-state index in [0.29, 0.717) is 25.4 Å². The maximum Gasteiger partial charge on any atom is 0.264 e. The number of aliphatic hydroxyl groups is 1. The van der Waals surface area contributed by atoms with Crippen LogP contribution < -0.4 is 24.7 Å². The molecular weight excluding hydrogens is 796 g/mol. The van der Waals surface area contributed by atoms with Crippen LogP contribution in [0.25, 0.3) is 0 Å². The highest BCUT2D eigenvalue weighted by Gasteiger charge is 2.51. The number of ether oxygens (including phenoxy) is 1. The van der Waals surface area contributed by atoms with Gasteiger partial charge in [0, 0.05) is 41.6 Å². The molecule has 2 aliphatic heterocycles. The molecule has 0 saturated heterocycles. The van der Waals surface area contributed by atoms with Gasteiger partial charge in [0.15, 0.2) is 0 Å². The number of halogens is 1. The van der Waals surface area contributed by atoms with E-state index in [0.717, 1.165) is 53.2 Å². The molecule has 0 unspecified atom stereocenters. The van der Waals surface area contributed by atoms with Crippen molar-refractivity contribution in [2.45, 2.75) is 88.0 Å². The number of sulfonamides is 1. The fourth-order valence-electron chi connectivity index (χ4n) is 10.3. The summed E-state index contributed by atoms with van der Waals surface area (Å²) in [5, 5.41) is 13.7. The van der Waals surface area contributed by atoms with Gasteiger partial charge in [-0.25, -0.2) is 13.1 Å². The lowest BCUT2D eigenvalue weighted by Gasteiger charge is -2.45. The summed E-state index contributed by atoms with van der Waals surface area (Å²) in [5.74, 6) is -0.158. The Hall–Kier alpha value is -3.93. The molecule has 8 rings (SSSR count). The Labute approximate surface area is 356 Å². The molecule has 1 spiro atoms. The Morgan fingerprint density at radius 2 is 1.68 bits per heavy atom. The van der Waals surface area contributed by atoms with Crippen LogP contribution in [0.1, 0.15) is 81.3 Å². The van der Waals surface area contributed by atoms with Gasteiger partial charge in [-0.05, 0) is 114 Å². The second-order valence-corrected chi connectivity index (χ2v) is 25.3. The van der Waals surface area contributed by atoms with E-state index in [2.05, 4.69) is 66.8 Å². The number of hydrogen-bond donors (Lipinski definition) is 2. The van der Waals surface area contributed by atoms with Crippen molar-refractivity contribution in [1.82, 2.24) is 4.72 Å². The minimum absolute atomic E-state index is 0.0195. The van der Waals surface area contributed by atoms with Crippen molar-refractivity contribution in [3.8, 4) is 5.75 Å². The van der Waals surface area contributed by atoms with E-state index >= 15 is 0 Å². The molecule has 59 heavy (non-hydrogen) atoms. The van der Waals surface area contributed by atoms with Crippen molar-refractivity contribution in [3.05, 3.63) is 131 Å². The first kappa shape index (κ1) is 41.8. The average molecular weight is 854 g/mol. The Morgan fingerprint density at radius 1 is 0.966 bits per heavy atom. The summed E-state index contributed by atoms with van der Waals surface area (Å²) in [4.78, 5) is 16.3. The third kappa shape index (κ3) is 8.15. The number of benzene rings is 4. The first-order chi connectivity index (χ1) is 28.2. The minimum Gasteiger partial charge on any atom is -0.490 e. The summed E-state index contributed by atoms with van der Waals surface area (Å²) in [6, 6.07) is 32.2. The van der Waals surface area contributed by atoms with Crippen LogP contribution in [0.4, 0.5) is 5.69 Å². The number of rotatable bonds is 5. The standard InChI is InChI=1S/C48H57ClN2O6SSi/c1-33-26-34(30-57-59(47(2,3)4,39-13-7-5-8-14-39)40-15-9-6-10-16-40)17-23-44(52)41-21-18-37(41)29-51-31-48(25-11-12-35-27-38(49)20-22-42(35)48)32-56-45-24-19-36(28-43(45)51)46(53)50-58(33,54)55/h5-10,13-17,19-20,22-24,27-28,33-34,37,41,44,52H,11-12,18,21,25-26,29-32H2,1-4H3,(H,50,53)/b23-17+/t33-,34+,37-,41+,44-,48-/m0/s1. The minimum atomic E-state index is -4.12. The van der Waals surface area contributed by atoms with E-state index in [1.165, 1.54) is 11.1 Å². The zero-order valence-electron chi connectivity index (χ0n) is 34.6. The summed E-state index contributed by atoms with van der Waals surface area (Å²) in [6.45, 7) is 10.3. The molecule has 1 amide bonds. The molecule has 2 aliphatic carbocycles. The Bertz CT molecular complexity index is 2260. The lowest BCUT2D eigenvalue weighted by atomic mass is 9.68. The first-order valence-electron chi connectivity index (χ1n) is 21.2. The fraction of sp³-hybridized carbons (Fsp3) is 0.438. The summed E-state index contributed by atoms with van der Waals surface area (Å²) >= 11 is 6.48. The number of hydrogen-bond acceptors (Lipinski definition) is 7. The molecule has 1 fully saturated rings. The van der Waals surface area contributed by atoms with E-state index in [1.807, 2.05) is 54.6 Å². The van der Waals surface area contributed by atoms with Gasteiger partial charge in [-0.15, -0.1) is 0 Å². The second-order valence-electron chi connectivity index (χ2n) is 18.4. The van der Waals surface area contributed by atoms with Gasteiger partial charge < -0.3 is 19.2 Å². The molecule has 8 nitrogen and oxygen atoms in total. The van der Waals surface area contributed by atoms with Crippen LogP contribution in [0.2, 0.25) is 10.1 Å². The Balaban J connectivity index is 1.15. The smallest absolute Gasteiger partial charge is 0.264 e. The van der Waals surface area contributed by atoms with Gasteiger partial charge in [-0.1, -0.05) is 111 Å². The molecular formula is C48H57ClN2O6SSi. The third-order valence-corrected chi connectivity index (χ3v) is 20.5. The average Bonchev–Trinajstić information content (AvgIpc) is 3.35. The number of amides is 1. The van der Waals surface area contributed by atoms with E-state index in [9.17, 15) is 18.3 Å². The van der Waals surface area contributed by atoms with Gasteiger partial charge in [0.05, 0.1) is 23.6 Å². The van der Waals surface area contributed by atoms with Crippen LogP contribution >= 0.6 is 11.6 Å². The van der Waals surface area contributed by atoms with E-state index in [1.54, 1.807) is 25.1 Å². The molecule has 4 aliphatic rings. The fourth-order valence-corrected chi connectivity index (χ4v) is 16.2. The van der Waals surface area contributed by atoms with E-state index in [-0.39, 0.29) is 46.8 Å². The van der Waals surface area contributed by atoms with Crippen molar-refractivity contribution in [1.29, 1.82) is 0 Å². The van der Waals surface area contributed by atoms with Gasteiger partial charge in [-0.2, -0.15) is 0 Å². The molecule has 2 N–H and O–H groups in total. The van der Waals surface area contributed by atoms with Gasteiger partial charge >= 0.3 is 0 Å². The van der Waals surface area contributed by atoms with Crippen molar-refractivity contribution in [2.75, 3.05) is 31.2 Å². The van der Waals surface area contributed by atoms with Crippen molar-refractivity contribution in [3.63, 3.8) is 0 Å². The molecule has 0 aromatic heterocycles. The van der Waals surface area contributed by atoms with Crippen molar-refractivity contribution in [2.24, 2.45) is 17.8 Å². The summed E-state index contributed by atoms with van der Waals surface area (Å²) < 4.78 is 44.4. The predicted molar refractivity (Wildman–Crippen MR) is 239 cm³/mol. The molecule has 6 atom stereocenters. The molecule has 312 valence electrons. The summed E-state index contributed by atoms with van der Waals surface area (Å²) in [7, 11) is -7.08. The van der Waals surface area contributed by atoms with Crippen LogP contribution in [-0.2, 0) is 26.3 Å². The number of nitrogens with zero attached hydrogens (tertiary/aromatic N) is 1. The summed E-state index contributed by atoms with van der Waals surface area (Å²) in [6.07, 6.45) is 8.07. The van der Waals surface area contributed by atoms with Gasteiger partial charge in [-0.3, -0.25) is 4.79 Å². The van der Waals surface area contributed by atoms with Crippen LogP contribution in [0, 0.1) is 17.8 Å². The van der Waals surface area contributed by atoms with Crippen molar-refractivity contribution < 1.29 is 27.5 Å². The zero-order valence-corrected chi connectivity index (χ0v) is 37.1. The maximum absolute atomic E-state index is 14.0. The highest BCUT2D eigenvalue weighted by molar-refractivity contribution is 7.90. The number of carbonyl (C=O) groups excluding carboxylic acids is 1. The van der Waals surface area contributed by atoms with Gasteiger partial charge in [0.25, 0.3) is 14.2 Å². The van der Waals surface area contributed by atoms with E-state index < -0.39 is 35.6 Å². The van der Waals surface area contributed by atoms with Crippen LogP contribution in [0.3, 0.4) is 0 Å². The Morgan fingerprint density at radius 3 is 2.34 bits per heavy atom. The lowest BCUT2D eigenvalue weighted by molar-refractivity contribution is 0.0453. The SMILES string of the molecule is C[C@H]1C[C@H](CO[Si](c2ccccc2)(c2ccccc2)C(C)(C)C)/C=C/[C@H](O)[C@@H]2CC[C@H]2CN2C[C@@]3(CCCc4cc(Cl)ccc43)COc3ccc(cc32)C(=O)NS1(=O)=O. The number of nitrogens with one attached hydrogen (secondary N) is 1. The van der Waals surface area contributed by atoms with Crippen LogP contribution in [0.5, 0.6) is 5.75 Å². The maximum atomic E-state index is 14.0. The quantitative estimate of drug-likeness (QED) is 0.156. The largest absolute Gasteiger partial charge is 0.490 e. The number of fused-ring (bicyclic) bond motifs is 4. The number of anilines is 1. The van der Waals surface area contributed by atoms with Gasteiger partial charge in [0.1, 0.15) is 5.75 Å². The third-order valence-electron chi connectivity index (χ3n) is 13.6. The predicted octanol–water partition coefficient (Wildman–Crippen LogP) is 7.80. The number of carbonyl (C=O) groups is 1.